The van der Waals surface area contributed by atoms with Gasteiger partial charge in [0.05, 0.1) is 18.3 Å². The van der Waals surface area contributed by atoms with E-state index in [4.69, 9.17) is 36.8 Å². The van der Waals surface area contributed by atoms with E-state index in [-0.39, 0.29) is 23.6 Å². The molecule has 109 valence electrons. The maximum atomic E-state index is 5.97. The van der Waals surface area contributed by atoms with Crippen LogP contribution in [0.25, 0.3) is 0 Å². The zero-order valence-corrected chi connectivity index (χ0v) is 15.7. The minimum Gasteiger partial charge on any atom is -0.323 e. The van der Waals surface area contributed by atoms with Gasteiger partial charge in [-0.05, 0) is 41.5 Å². The maximum Gasteiger partial charge on any atom is 0.284 e. The fourth-order valence-electron chi connectivity index (χ4n) is 1.27. The molecule has 0 rings (SSSR count). The summed E-state index contributed by atoms with van der Waals surface area (Å²) in [7, 11) is -2.66. The van der Waals surface area contributed by atoms with E-state index in [1.807, 2.05) is 41.5 Å². The first-order valence-corrected chi connectivity index (χ1v) is 9.37. The Bertz CT molecular complexity index is 219. The van der Waals surface area contributed by atoms with Crippen LogP contribution in [-0.2, 0) is 13.6 Å². The van der Waals surface area contributed by atoms with Gasteiger partial charge in [-0.3, -0.25) is 0 Å². The second kappa shape index (κ2) is 8.66. The van der Waals surface area contributed by atoms with Gasteiger partial charge < -0.3 is 15.8 Å². The lowest BCUT2D eigenvalue weighted by molar-refractivity contribution is 0.0858. The van der Waals surface area contributed by atoms with Crippen molar-refractivity contribution in [3.05, 3.63) is 0 Å². The van der Waals surface area contributed by atoms with Crippen LogP contribution in [0, 0.1) is 0 Å². The van der Waals surface area contributed by atoms with Crippen molar-refractivity contribution in [1.82, 2.24) is 0 Å². The third kappa shape index (κ3) is 6.74. The second-order valence-electron chi connectivity index (χ2n) is 4.71. The standard InChI is InChI=1S/C10H22BBrCl2O3P/c1-7(2)15-18(16-8(3)4,17-9(5)6)11(12)10(13)14/h7-10H,1-6H3. The van der Waals surface area contributed by atoms with E-state index in [0.29, 0.717) is 0 Å². The molecule has 0 N–H and O–H groups in total. The molecule has 0 saturated carbocycles. The molecule has 0 heterocycles. The fraction of sp³-hybridized carbons (Fsp3) is 1.00. The molecule has 18 heavy (non-hydrogen) atoms. The van der Waals surface area contributed by atoms with E-state index in [0.717, 1.165) is 0 Å². The summed E-state index contributed by atoms with van der Waals surface area (Å²) in [6, 6.07) is 0. The molecule has 0 spiro atoms. The lowest BCUT2D eigenvalue weighted by Gasteiger charge is -2.38. The average Bonchev–Trinajstić information content (AvgIpc) is 2.12. The Labute approximate surface area is 130 Å². The summed E-state index contributed by atoms with van der Waals surface area (Å²) in [5.74, 6) is 0. The zero-order valence-electron chi connectivity index (χ0n) is 11.7. The van der Waals surface area contributed by atoms with Crippen LogP contribution in [0.2, 0.25) is 0 Å². The predicted molar refractivity (Wildman–Crippen MR) is 85.8 cm³/mol. The van der Waals surface area contributed by atoms with Gasteiger partial charge in [0.1, 0.15) is 0 Å². The largest absolute Gasteiger partial charge is 0.323 e. The van der Waals surface area contributed by atoms with Crippen molar-refractivity contribution in [1.29, 1.82) is 0 Å². The van der Waals surface area contributed by atoms with E-state index in [2.05, 4.69) is 15.8 Å². The van der Waals surface area contributed by atoms with Crippen LogP contribution in [0.3, 0.4) is 0 Å². The van der Waals surface area contributed by atoms with E-state index in [9.17, 15) is 0 Å². The van der Waals surface area contributed by atoms with Crippen molar-refractivity contribution in [3.63, 3.8) is 0 Å². The van der Waals surface area contributed by atoms with Gasteiger partial charge in [0, 0.05) is 4.74 Å². The second-order valence-corrected chi connectivity index (χ2v) is 9.84. The Balaban J connectivity index is 5.23. The number of rotatable bonds is 8. The number of alkyl halides is 2. The molecule has 0 aromatic heterocycles. The molecule has 0 aliphatic rings. The van der Waals surface area contributed by atoms with Crippen molar-refractivity contribution in [2.45, 2.75) is 64.6 Å². The topological polar surface area (TPSA) is 27.7 Å². The average molecular weight is 383 g/mol. The Morgan fingerprint density at radius 1 is 0.833 bits per heavy atom. The molecule has 0 amide bonds. The van der Waals surface area contributed by atoms with Crippen molar-refractivity contribution in [2.75, 3.05) is 0 Å². The molecule has 3 nitrogen and oxygen atoms in total. The number of hydrogen-bond acceptors (Lipinski definition) is 3. The van der Waals surface area contributed by atoms with Crippen LogP contribution in [0.5, 0.6) is 0 Å². The number of halogens is 3. The maximum absolute atomic E-state index is 5.97. The first-order chi connectivity index (χ1) is 8.10. The highest BCUT2D eigenvalue weighted by atomic mass is 79.9. The van der Waals surface area contributed by atoms with Gasteiger partial charge in [-0.1, -0.05) is 0 Å². The molecular weight excluding hydrogens is 361 g/mol. The van der Waals surface area contributed by atoms with Gasteiger partial charge in [0.25, 0.3) is 5.26 Å². The summed E-state index contributed by atoms with van der Waals surface area (Å²) in [4.78, 5) is 0. The SMILES string of the molecule is CC(C)O[P+](OC(C)C)(OC(C)C)[B-](Br)C(Cl)Cl. The van der Waals surface area contributed by atoms with Crippen molar-refractivity contribution < 1.29 is 13.6 Å². The minimum atomic E-state index is -2.66. The third-order valence-electron chi connectivity index (χ3n) is 1.58. The van der Waals surface area contributed by atoms with Crippen molar-refractivity contribution in [2.24, 2.45) is 0 Å². The molecule has 8 heteroatoms. The highest BCUT2D eigenvalue weighted by molar-refractivity contribution is 9.28. The molecule has 0 unspecified atom stereocenters. The minimum absolute atomic E-state index is 0.0389. The van der Waals surface area contributed by atoms with E-state index < -0.39 is 12.6 Å². The molecular formula is C10H22BBrCl2O3P. The van der Waals surface area contributed by atoms with Gasteiger partial charge in [-0.2, -0.15) is 0 Å². The van der Waals surface area contributed by atoms with Crippen molar-refractivity contribution in [3.8, 4) is 0 Å². The summed E-state index contributed by atoms with van der Waals surface area (Å²) in [5, 5.41) is -0.388. The quantitative estimate of drug-likeness (QED) is 0.326. The Hall–Kier alpha value is 1.43. The first-order valence-electron chi connectivity index (χ1n) is 5.97. The normalized spacial score (nSPS) is 13.7. The summed E-state index contributed by atoms with van der Waals surface area (Å²) in [6.45, 7) is 11.6. The van der Waals surface area contributed by atoms with E-state index in [1.54, 1.807) is 0 Å². The Kier molecular flexibility index (Phi) is 9.35. The molecule has 1 radical (unpaired) electrons. The highest BCUT2D eigenvalue weighted by Gasteiger charge is 2.48. The van der Waals surface area contributed by atoms with Gasteiger partial charge >= 0.3 is 0 Å². The summed E-state index contributed by atoms with van der Waals surface area (Å²) in [5.41, 5.74) is 0. The Morgan fingerprint density at radius 3 is 1.28 bits per heavy atom. The molecule has 0 atom stereocenters. The van der Waals surface area contributed by atoms with Crippen LogP contribution in [-0.4, -0.2) is 28.3 Å². The molecule has 0 aliphatic carbocycles. The summed E-state index contributed by atoms with van der Waals surface area (Å²) >= 11 is 15.4. The van der Waals surface area contributed by atoms with Gasteiger partial charge in [0.2, 0.25) is 7.82 Å². The molecule has 0 bridgehead atoms. The molecule has 0 aromatic carbocycles. The van der Waals surface area contributed by atoms with Crippen LogP contribution in [0.15, 0.2) is 0 Å². The predicted octanol–water partition coefficient (Wildman–Crippen LogP) is 5.25. The van der Waals surface area contributed by atoms with Crippen LogP contribution >= 0.6 is 46.8 Å². The van der Waals surface area contributed by atoms with E-state index in [1.165, 1.54) is 0 Å². The zero-order chi connectivity index (χ0) is 14.5. The molecule has 0 saturated heterocycles. The summed E-state index contributed by atoms with van der Waals surface area (Å²) < 4.78 is 17.1. The van der Waals surface area contributed by atoms with Crippen LogP contribution in [0.1, 0.15) is 41.5 Å². The first kappa shape index (κ1) is 19.4. The monoisotopic (exact) mass is 381 g/mol. The van der Waals surface area contributed by atoms with Crippen LogP contribution < -0.4 is 0 Å². The smallest absolute Gasteiger partial charge is 0.284 e. The van der Waals surface area contributed by atoms with Gasteiger partial charge in [0.15, 0.2) is 0 Å². The van der Waals surface area contributed by atoms with Crippen LogP contribution in [0.4, 0.5) is 0 Å². The third-order valence-corrected chi connectivity index (χ3v) is 8.13. The van der Waals surface area contributed by atoms with E-state index >= 15 is 0 Å². The summed E-state index contributed by atoms with van der Waals surface area (Å²) in [6.07, 6.45) is -0.117. The van der Waals surface area contributed by atoms with Crippen molar-refractivity contribution >= 4 is 52.0 Å². The highest BCUT2D eigenvalue weighted by Crippen LogP contribution is 2.69. The molecule has 0 aliphatic heterocycles. The molecule has 0 aromatic rings. The Morgan fingerprint density at radius 2 is 1.11 bits per heavy atom. The number of hydrogen-bond donors (Lipinski definition) is 0. The van der Waals surface area contributed by atoms with Gasteiger partial charge in [-0.25, -0.2) is 13.6 Å². The fourth-order valence-corrected chi connectivity index (χ4v) is 5.50. The van der Waals surface area contributed by atoms with Gasteiger partial charge in [-0.15, -0.1) is 23.2 Å². The lowest BCUT2D eigenvalue weighted by Crippen LogP contribution is -2.30. The molecule has 0 fully saturated rings. The lowest BCUT2D eigenvalue weighted by atomic mass is 10.2.